The van der Waals surface area contributed by atoms with Crippen molar-refractivity contribution in [3.63, 3.8) is 0 Å². The molecule has 0 saturated carbocycles. The number of ether oxygens (including phenoxy) is 1. The molecule has 35 heavy (non-hydrogen) atoms. The molecule has 1 unspecified atom stereocenters. The highest BCUT2D eigenvalue weighted by atomic mass is 35.5. The van der Waals surface area contributed by atoms with Crippen LogP contribution in [0, 0.1) is 0 Å². The molecule has 3 amide bonds. The molecule has 0 aliphatic carbocycles. The molecule has 1 aromatic carbocycles. The van der Waals surface area contributed by atoms with Gasteiger partial charge in [0, 0.05) is 22.0 Å². The van der Waals surface area contributed by atoms with Crippen molar-refractivity contribution >= 4 is 34.9 Å². The van der Waals surface area contributed by atoms with E-state index in [-0.39, 0.29) is 31.1 Å². The van der Waals surface area contributed by atoms with Crippen molar-refractivity contribution in [1.29, 1.82) is 0 Å². The van der Waals surface area contributed by atoms with E-state index in [2.05, 4.69) is 11.4 Å². The van der Waals surface area contributed by atoms with E-state index in [0.29, 0.717) is 29.7 Å². The number of nitrogens with one attached hydrogen (secondary N) is 1. The molecule has 2 aromatic heterocycles. The highest BCUT2D eigenvalue weighted by Gasteiger charge is 2.34. The molecule has 9 heteroatoms. The van der Waals surface area contributed by atoms with E-state index in [1.54, 1.807) is 41.9 Å². The first-order valence-electron chi connectivity index (χ1n) is 11.5. The average molecular weight is 516 g/mol. The van der Waals surface area contributed by atoms with E-state index in [0.717, 1.165) is 12.0 Å². The molecule has 0 spiro atoms. The summed E-state index contributed by atoms with van der Waals surface area (Å²) in [7, 11) is 0. The number of nitrogens with zero attached hydrogens (tertiary/aromatic N) is 2. The summed E-state index contributed by atoms with van der Waals surface area (Å²) in [5.74, 6) is 1.17. The predicted molar refractivity (Wildman–Crippen MR) is 137 cm³/mol. The minimum Gasteiger partial charge on any atom is -0.491 e. The molecule has 0 bridgehead atoms. The molecule has 1 atom stereocenters. The van der Waals surface area contributed by atoms with Crippen molar-refractivity contribution in [2.45, 2.75) is 45.3 Å². The number of rotatable bonds is 7. The number of urea groups is 1. The monoisotopic (exact) mass is 515 g/mol. The number of amides is 3. The molecule has 1 N–H and O–H groups in total. The Labute approximate surface area is 214 Å². The fourth-order valence-corrected chi connectivity index (χ4v) is 5.08. The highest BCUT2D eigenvalue weighted by molar-refractivity contribution is 7.10. The Bertz CT molecular complexity index is 1140. The van der Waals surface area contributed by atoms with Crippen LogP contribution in [0.4, 0.5) is 4.79 Å². The summed E-state index contributed by atoms with van der Waals surface area (Å²) in [6, 6.07) is 12.2. The number of hydrogen-bond donors (Lipinski definition) is 1. The van der Waals surface area contributed by atoms with Crippen molar-refractivity contribution in [1.82, 2.24) is 15.1 Å². The largest absolute Gasteiger partial charge is 0.491 e. The smallest absolute Gasteiger partial charge is 0.318 e. The van der Waals surface area contributed by atoms with E-state index in [4.69, 9.17) is 20.8 Å². The summed E-state index contributed by atoms with van der Waals surface area (Å²) in [5, 5.41) is 5.64. The molecule has 0 fully saturated rings. The summed E-state index contributed by atoms with van der Waals surface area (Å²) < 4.78 is 11.5. The van der Waals surface area contributed by atoms with Gasteiger partial charge >= 0.3 is 6.03 Å². The molecule has 3 aromatic rings. The zero-order valence-electron chi connectivity index (χ0n) is 20.1. The first kappa shape index (κ1) is 25.1. The van der Waals surface area contributed by atoms with E-state index >= 15 is 0 Å². The maximum Gasteiger partial charge on any atom is 0.318 e. The van der Waals surface area contributed by atoms with Crippen LogP contribution in [-0.4, -0.2) is 47.0 Å². The molecular formula is C26H30ClN3O4S. The number of benzene rings is 1. The van der Waals surface area contributed by atoms with Crippen LogP contribution in [0.15, 0.2) is 58.5 Å². The van der Waals surface area contributed by atoms with Gasteiger partial charge in [0.05, 0.1) is 18.8 Å². The molecule has 3 heterocycles. The van der Waals surface area contributed by atoms with Gasteiger partial charge in [-0.25, -0.2) is 4.79 Å². The number of halogens is 1. The van der Waals surface area contributed by atoms with Crippen LogP contribution in [0.3, 0.4) is 0 Å². The van der Waals surface area contributed by atoms with E-state index in [1.165, 1.54) is 9.78 Å². The van der Waals surface area contributed by atoms with Crippen molar-refractivity contribution in [3.05, 3.63) is 75.3 Å². The van der Waals surface area contributed by atoms with Gasteiger partial charge in [-0.15, -0.1) is 11.3 Å². The number of thiophene rings is 1. The predicted octanol–water partition coefficient (Wildman–Crippen LogP) is 5.51. The van der Waals surface area contributed by atoms with Gasteiger partial charge in [0.1, 0.15) is 24.7 Å². The van der Waals surface area contributed by atoms with E-state index in [9.17, 15) is 9.59 Å². The molecule has 0 radical (unpaired) electrons. The second kappa shape index (κ2) is 10.7. The van der Waals surface area contributed by atoms with Crippen LogP contribution in [-0.2, 0) is 17.8 Å². The zero-order chi connectivity index (χ0) is 25.0. The van der Waals surface area contributed by atoms with Gasteiger partial charge in [0.15, 0.2) is 0 Å². The van der Waals surface area contributed by atoms with E-state index in [1.807, 2.05) is 43.2 Å². The van der Waals surface area contributed by atoms with E-state index < -0.39 is 5.54 Å². The number of fused-ring (bicyclic) bond motifs is 1. The molecular weight excluding hydrogens is 486 g/mol. The Balaban J connectivity index is 1.52. The SMILES string of the molecule is CC(C)(C)NC(=O)N(CC(=O)N1CCc2sccc2C1COc1ccc(Cl)cc1)Cc1ccco1. The van der Waals surface area contributed by atoms with Crippen LogP contribution < -0.4 is 10.1 Å². The van der Waals surface area contributed by atoms with Gasteiger partial charge < -0.3 is 24.3 Å². The maximum atomic E-state index is 13.6. The third-order valence-corrected chi connectivity index (χ3v) is 6.91. The van der Waals surface area contributed by atoms with Gasteiger partial charge in [-0.1, -0.05) is 11.6 Å². The zero-order valence-corrected chi connectivity index (χ0v) is 21.7. The number of carbonyl (C=O) groups is 2. The van der Waals surface area contributed by atoms with Crippen LogP contribution in [0.25, 0.3) is 0 Å². The van der Waals surface area contributed by atoms with Crippen molar-refractivity contribution in [3.8, 4) is 5.75 Å². The first-order valence-corrected chi connectivity index (χ1v) is 12.8. The van der Waals surface area contributed by atoms with Gasteiger partial charge in [0.2, 0.25) is 5.91 Å². The van der Waals surface area contributed by atoms with Gasteiger partial charge in [-0.05, 0) is 80.6 Å². The summed E-state index contributed by atoms with van der Waals surface area (Å²) in [5.41, 5.74) is 0.660. The molecule has 4 rings (SSSR count). The van der Waals surface area contributed by atoms with Crippen LogP contribution in [0.1, 0.15) is 43.0 Å². The lowest BCUT2D eigenvalue weighted by atomic mass is 10.0. The van der Waals surface area contributed by atoms with Crippen LogP contribution in [0.5, 0.6) is 5.75 Å². The number of hydrogen-bond acceptors (Lipinski definition) is 5. The van der Waals surface area contributed by atoms with Gasteiger partial charge in [-0.2, -0.15) is 0 Å². The number of carbonyl (C=O) groups excluding carboxylic acids is 2. The molecule has 1 aliphatic heterocycles. The Morgan fingerprint density at radius 3 is 2.69 bits per heavy atom. The topological polar surface area (TPSA) is 75.0 Å². The third kappa shape index (κ3) is 6.58. The average Bonchev–Trinajstić information content (AvgIpc) is 3.48. The Hall–Kier alpha value is -2.97. The van der Waals surface area contributed by atoms with Crippen molar-refractivity contribution < 1.29 is 18.7 Å². The standard InChI is InChI=1S/C26H30ClN3O4S/c1-26(2,3)28-25(32)29(15-20-5-4-13-33-20)16-24(31)30-12-10-23-21(11-14-35-23)22(30)17-34-19-8-6-18(27)7-9-19/h4-9,11,13-14,22H,10,12,15-17H2,1-3H3,(H,28,32). The summed E-state index contributed by atoms with van der Waals surface area (Å²) in [6.45, 7) is 6.73. The Morgan fingerprint density at radius 2 is 2.00 bits per heavy atom. The normalized spacial score (nSPS) is 15.4. The molecule has 186 valence electrons. The summed E-state index contributed by atoms with van der Waals surface area (Å²) in [4.78, 5) is 31.2. The lowest BCUT2D eigenvalue weighted by molar-refractivity contribution is -0.135. The second-order valence-electron chi connectivity index (χ2n) is 9.53. The Morgan fingerprint density at radius 1 is 1.23 bits per heavy atom. The third-order valence-electron chi connectivity index (χ3n) is 5.66. The van der Waals surface area contributed by atoms with Gasteiger partial charge in [-0.3, -0.25) is 4.79 Å². The minimum absolute atomic E-state index is 0.0699. The lowest BCUT2D eigenvalue weighted by Crippen LogP contribution is -2.52. The Kier molecular flexibility index (Phi) is 7.72. The fraction of sp³-hybridized carbons (Fsp3) is 0.385. The molecule has 1 aliphatic rings. The first-order chi connectivity index (χ1) is 16.7. The summed E-state index contributed by atoms with van der Waals surface area (Å²) >= 11 is 7.69. The molecule has 0 saturated heterocycles. The molecule has 7 nitrogen and oxygen atoms in total. The lowest BCUT2D eigenvalue weighted by Gasteiger charge is -2.37. The fourth-order valence-electron chi connectivity index (χ4n) is 4.02. The van der Waals surface area contributed by atoms with Crippen molar-refractivity contribution in [2.75, 3.05) is 19.7 Å². The maximum absolute atomic E-state index is 13.6. The number of furan rings is 1. The van der Waals surface area contributed by atoms with Crippen LogP contribution in [0.2, 0.25) is 5.02 Å². The van der Waals surface area contributed by atoms with Crippen LogP contribution >= 0.6 is 22.9 Å². The quantitative estimate of drug-likeness (QED) is 0.450. The minimum atomic E-state index is -0.437. The highest BCUT2D eigenvalue weighted by Crippen LogP contribution is 2.34. The summed E-state index contributed by atoms with van der Waals surface area (Å²) in [6.07, 6.45) is 2.34. The van der Waals surface area contributed by atoms with Crippen molar-refractivity contribution in [2.24, 2.45) is 0 Å². The second-order valence-corrected chi connectivity index (χ2v) is 11.0. The van der Waals surface area contributed by atoms with Gasteiger partial charge in [0.25, 0.3) is 0 Å².